The lowest BCUT2D eigenvalue weighted by Crippen LogP contribution is -2.36. The number of hydrogen-bond donors (Lipinski definition) is 2. The molecule has 1 aromatic rings. The number of hydrogen-bond acceptors (Lipinski definition) is 3. The van der Waals surface area contributed by atoms with Crippen LogP contribution in [0.4, 0.5) is 4.39 Å². The number of aliphatic hydroxyl groups is 1. The molecule has 1 unspecified atom stereocenters. The molecule has 1 fully saturated rings. The molecule has 1 saturated heterocycles. The van der Waals surface area contributed by atoms with Gasteiger partial charge in [0, 0.05) is 26.2 Å². The first-order chi connectivity index (χ1) is 8.72. The minimum atomic E-state index is -0.230. The second kappa shape index (κ2) is 6.27. The van der Waals surface area contributed by atoms with Crippen molar-refractivity contribution in [2.75, 3.05) is 19.7 Å². The molecule has 1 heterocycles. The standard InChI is InChI=1S/C14H21FN2O/c15-14-4-3-12(13(6-14)7-16)9-17-5-1-2-11(8-17)10-18/h3-4,6,11,18H,1-2,5,7-10,16H2. The molecule has 0 saturated carbocycles. The van der Waals surface area contributed by atoms with Crippen molar-refractivity contribution in [3.63, 3.8) is 0 Å². The second-order valence-electron chi connectivity index (χ2n) is 5.04. The fraction of sp³-hybridized carbons (Fsp3) is 0.571. The number of likely N-dealkylation sites (tertiary alicyclic amines) is 1. The fourth-order valence-electron chi connectivity index (χ4n) is 2.62. The average molecular weight is 252 g/mol. The molecular weight excluding hydrogens is 231 g/mol. The summed E-state index contributed by atoms with van der Waals surface area (Å²) in [4.78, 5) is 2.32. The number of nitrogens with zero attached hydrogens (tertiary/aromatic N) is 1. The van der Waals surface area contributed by atoms with Gasteiger partial charge < -0.3 is 10.8 Å². The van der Waals surface area contributed by atoms with E-state index in [1.165, 1.54) is 12.1 Å². The lowest BCUT2D eigenvalue weighted by atomic mass is 9.98. The summed E-state index contributed by atoms with van der Waals surface area (Å²) in [6.07, 6.45) is 2.21. The van der Waals surface area contributed by atoms with Crippen LogP contribution in [0.15, 0.2) is 18.2 Å². The Morgan fingerprint density at radius 2 is 2.22 bits per heavy atom. The zero-order valence-corrected chi connectivity index (χ0v) is 10.6. The predicted molar refractivity (Wildman–Crippen MR) is 69.4 cm³/mol. The van der Waals surface area contributed by atoms with Gasteiger partial charge in [-0.2, -0.15) is 0 Å². The van der Waals surface area contributed by atoms with E-state index in [1.54, 1.807) is 0 Å². The molecule has 0 radical (unpaired) electrons. The van der Waals surface area contributed by atoms with E-state index >= 15 is 0 Å². The normalized spacial score (nSPS) is 21.2. The van der Waals surface area contributed by atoms with Crippen molar-refractivity contribution in [1.82, 2.24) is 4.90 Å². The van der Waals surface area contributed by atoms with E-state index in [-0.39, 0.29) is 12.4 Å². The first-order valence-electron chi connectivity index (χ1n) is 6.53. The Morgan fingerprint density at radius 1 is 1.39 bits per heavy atom. The van der Waals surface area contributed by atoms with Crippen molar-refractivity contribution in [2.24, 2.45) is 11.7 Å². The number of rotatable bonds is 4. The molecule has 2 rings (SSSR count). The molecule has 18 heavy (non-hydrogen) atoms. The minimum absolute atomic E-state index is 0.230. The summed E-state index contributed by atoms with van der Waals surface area (Å²) < 4.78 is 13.1. The van der Waals surface area contributed by atoms with Gasteiger partial charge in [-0.15, -0.1) is 0 Å². The summed E-state index contributed by atoms with van der Waals surface area (Å²) in [5, 5.41) is 9.22. The van der Waals surface area contributed by atoms with Crippen LogP contribution < -0.4 is 5.73 Å². The number of aliphatic hydroxyl groups excluding tert-OH is 1. The van der Waals surface area contributed by atoms with Gasteiger partial charge in [-0.1, -0.05) is 6.07 Å². The van der Waals surface area contributed by atoms with Gasteiger partial charge >= 0.3 is 0 Å². The van der Waals surface area contributed by atoms with Crippen molar-refractivity contribution in [3.05, 3.63) is 35.1 Å². The van der Waals surface area contributed by atoms with Crippen LogP contribution in [-0.2, 0) is 13.1 Å². The van der Waals surface area contributed by atoms with Gasteiger partial charge in [0.2, 0.25) is 0 Å². The molecule has 3 nitrogen and oxygen atoms in total. The van der Waals surface area contributed by atoms with Crippen LogP contribution in [0.25, 0.3) is 0 Å². The maximum absolute atomic E-state index is 13.1. The van der Waals surface area contributed by atoms with E-state index in [0.29, 0.717) is 12.5 Å². The molecule has 1 atom stereocenters. The molecule has 0 aliphatic carbocycles. The smallest absolute Gasteiger partial charge is 0.123 e. The van der Waals surface area contributed by atoms with Crippen molar-refractivity contribution in [3.8, 4) is 0 Å². The summed E-state index contributed by atoms with van der Waals surface area (Å²) in [5.74, 6) is 0.145. The molecule has 3 N–H and O–H groups in total. The van der Waals surface area contributed by atoms with Crippen LogP contribution in [0.5, 0.6) is 0 Å². The van der Waals surface area contributed by atoms with Crippen molar-refractivity contribution >= 4 is 0 Å². The predicted octanol–water partition coefficient (Wildman–Crippen LogP) is 1.49. The van der Waals surface area contributed by atoms with E-state index in [0.717, 1.165) is 43.6 Å². The third-order valence-electron chi connectivity index (χ3n) is 3.64. The maximum atomic E-state index is 13.1. The Bertz CT molecular complexity index is 397. The van der Waals surface area contributed by atoms with Gasteiger partial charge in [-0.3, -0.25) is 4.90 Å². The molecule has 1 aromatic carbocycles. The molecule has 100 valence electrons. The molecule has 1 aliphatic rings. The first-order valence-corrected chi connectivity index (χ1v) is 6.53. The SMILES string of the molecule is NCc1cc(F)ccc1CN1CCCC(CO)C1. The highest BCUT2D eigenvalue weighted by atomic mass is 19.1. The third-order valence-corrected chi connectivity index (χ3v) is 3.64. The lowest BCUT2D eigenvalue weighted by molar-refractivity contribution is 0.115. The highest BCUT2D eigenvalue weighted by molar-refractivity contribution is 5.27. The Morgan fingerprint density at radius 3 is 2.94 bits per heavy atom. The zero-order chi connectivity index (χ0) is 13.0. The van der Waals surface area contributed by atoms with E-state index in [4.69, 9.17) is 5.73 Å². The van der Waals surface area contributed by atoms with Crippen LogP contribution in [0.1, 0.15) is 24.0 Å². The summed E-state index contributed by atoms with van der Waals surface area (Å²) in [5.41, 5.74) is 7.62. The van der Waals surface area contributed by atoms with Crippen LogP contribution in [0, 0.1) is 11.7 Å². The van der Waals surface area contributed by atoms with Crippen LogP contribution in [0.3, 0.4) is 0 Å². The van der Waals surface area contributed by atoms with E-state index < -0.39 is 0 Å². The van der Waals surface area contributed by atoms with Crippen molar-refractivity contribution in [2.45, 2.75) is 25.9 Å². The molecule has 1 aliphatic heterocycles. The van der Waals surface area contributed by atoms with Crippen LogP contribution >= 0.6 is 0 Å². The highest BCUT2D eigenvalue weighted by Crippen LogP contribution is 2.20. The number of piperidine rings is 1. The largest absolute Gasteiger partial charge is 0.396 e. The topological polar surface area (TPSA) is 49.5 Å². The fourth-order valence-corrected chi connectivity index (χ4v) is 2.62. The average Bonchev–Trinajstić information content (AvgIpc) is 2.41. The van der Waals surface area contributed by atoms with Crippen molar-refractivity contribution in [1.29, 1.82) is 0 Å². The molecule has 0 spiro atoms. The van der Waals surface area contributed by atoms with Crippen LogP contribution in [-0.4, -0.2) is 29.7 Å². The van der Waals surface area contributed by atoms with E-state index in [2.05, 4.69) is 4.90 Å². The molecule has 4 heteroatoms. The maximum Gasteiger partial charge on any atom is 0.123 e. The summed E-state index contributed by atoms with van der Waals surface area (Å²) in [6, 6.07) is 4.82. The monoisotopic (exact) mass is 252 g/mol. The van der Waals surface area contributed by atoms with Crippen LogP contribution in [0.2, 0.25) is 0 Å². The molecule has 0 aromatic heterocycles. The summed E-state index contributed by atoms with van der Waals surface area (Å²) >= 11 is 0. The van der Waals surface area contributed by atoms with Gasteiger partial charge in [-0.05, 0) is 48.6 Å². The minimum Gasteiger partial charge on any atom is -0.396 e. The third kappa shape index (κ3) is 3.28. The summed E-state index contributed by atoms with van der Waals surface area (Å²) in [6.45, 7) is 3.37. The van der Waals surface area contributed by atoms with Gasteiger partial charge in [0.25, 0.3) is 0 Å². The second-order valence-corrected chi connectivity index (χ2v) is 5.04. The first kappa shape index (κ1) is 13.5. The molecular formula is C14H21FN2O. The number of halogens is 1. The van der Waals surface area contributed by atoms with E-state index in [9.17, 15) is 9.50 Å². The molecule has 0 amide bonds. The van der Waals surface area contributed by atoms with Gasteiger partial charge in [0.15, 0.2) is 0 Å². The number of nitrogens with two attached hydrogens (primary N) is 1. The van der Waals surface area contributed by atoms with Crippen molar-refractivity contribution < 1.29 is 9.50 Å². The van der Waals surface area contributed by atoms with E-state index in [1.807, 2.05) is 6.07 Å². The zero-order valence-electron chi connectivity index (χ0n) is 10.6. The Kier molecular flexibility index (Phi) is 4.69. The van der Waals surface area contributed by atoms with Gasteiger partial charge in [0.05, 0.1) is 0 Å². The lowest BCUT2D eigenvalue weighted by Gasteiger charge is -2.32. The molecule has 0 bridgehead atoms. The Hall–Kier alpha value is -0.970. The Balaban J connectivity index is 2.04. The van der Waals surface area contributed by atoms with Gasteiger partial charge in [0.1, 0.15) is 5.82 Å². The Labute approximate surface area is 107 Å². The summed E-state index contributed by atoms with van der Waals surface area (Å²) in [7, 11) is 0. The number of benzene rings is 1. The van der Waals surface area contributed by atoms with Gasteiger partial charge in [-0.25, -0.2) is 4.39 Å². The quantitative estimate of drug-likeness (QED) is 0.853. The highest BCUT2D eigenvalue weighted by Gasteiger charge is 2.19.